The van der Waals surface area contributed by atoms with E-state index in [0.717, 1.165) is 17.8 Å². The second-order valence-electron chi connectivity index (χ2n) is 5.10. The molecule has 0 aliphatic heterocycles. The van der Waals surface area contributed by atoms with Gasteiger partial charge in [-0.1, -0.05) is 42.1 Å². The lowest BCUT2D eigenvalue weighted by Crippen LogP contribution is -2.41. The van der Waals surface area contributed by atoms with Gasteiger partial charge in [0.2, 0.25) is 5.91 Å². The Morgan fingerprint density at radius 2 is 2.00 bits per heavy atom. The molecule has 0 radical (unpaired) electrons. The molecule has 0 spiro atoms. The number of imidazole rings is 1. The Balaban J connectivity index is 2.00. The van der Waals surface area contributed by atoms with Gasteiger partial charge in [0.15, 0.2) is 5.16 Å². The molecule has 2 aromatic rings. The van der Waals surface area contributed by atoms with E-state index in [9.17, 15) is 9.59 Å². The van der Waals surface area contributed by atoms with Crippen molar-refractivity contribution >= 4 is 23.7 Å². The maximum absolute atomic E-state index is 11.9. The number of H-pyrrole nitrogens is 1. The van der Waals surface area contributed by atoms with Crippen LogP contribution in [0.15, 0.2) is 35.5 Å². The van der Waals surface area contributed by atoms with Crippen LogP contribution >= 0.6 is 11.8 Å². The summed E-state index contributed by atoms with van der Waals surface area (Å²) in [7, 11) is 1.46. The van der Waals surface area contributed by atoms with Gasteiger partial charge in [0.05, 0.1) is 10.9 Å². The van der Waals surface area contributed by atoms with Crippen LogP contribution in [0.5, 0.6) is 0 Å². The van der Waals surface area contributed by atoms with Crippen LogP contribution in [0, 0.1) is 6.92 Å². The monoisotopic (exact) mass is 332 g/mol. The fraction of sp³-hybridized carbons (Fsp3) is 0.312. The van der Waals surface area contributed by atoms with Crippen molar-refractivity contribution in [2.24, 2.45) is 0 Å². The number of rotatable bonds is 5. The first-order chi connectivity index (χ1) is 11.0. The summed E-state index contributed by atoms with van der Waals surface area (Å²) >= 11 is 1.29. The van der Waals surface area contributed by atoms with E-state index in [1.54, 1.807) is 6.92 Å². The van der Waals surface area contributed by atoms with Crippen LogP contribution in [0.1, 0.15) is 23.9 Å². The van der Waals surface area contributed by atoms with Crippen molar-refractivity contribution in [3.8, 4) is 0 Å². The van der Waals surface area contributed by atoms with Gasteiger partial charge in [0, 0.05) is 19.2 Å². The van der Waals surface area contributed by atoms with E-state index >= 15 is 0 Å². The second-order valence-corrected chi connectivity index (χ2v) is 6.43. The summed E-state index contributed by atoms with van der Waals surface area (Å²) in [6.07, 6.45) is 0.739. The zero-order chi connectivity index (χ0) is 16.8. The summed E-state index contributed by atoms with van der Waals surface area (Å²) in [4.78, 5) is 30.8. The Morgan fingerprint density at radius 1 is 1.30 bits per heavy atom. The maximum atomic E-state index is 11.9. The minimum atomic E-state index is -0.511. The number of carbonyl (C=O) groups excluding carboxylic acids is 2. The molecular weight excluding hydrogens is 312 g/mol. The number of carbonyl (C=O) groups is 2. The molecule has 0 aliphatic carbocycles. The van der Waals surface area contributed by atoms with Crippen molar-refractivity contribution in [2.45, 2.75) is 30.7 Å². The molecule has 0 saturated heterocycles. The summed E-state index contributed by atoms with van der Waals surface area (Å²) < 4.78 is 0. The number of hydrogen-bond acceptors (Lipinski definition) is 4. The zero-order valence-corrected chi connectivity index (χ0v) is 14.2. The van der Waals surface area contributed by atoms with Gasteiger partial charge in [0.1, 0.15) is 0 Å². The highest BCUT2D eigenvalue weighted by Gasteiger charge is 2.19. The highest BCUT2D eigenvalue weighted by Crippen LogP contribution is 2.23. The Kier molecular flexibility index (Phi) is 5.81. The van der Waals surface area contributed by atoms with E-state index < -0.39 is 11.3 Å². The average Bonchev–Trinajstić information content (AvgIpc) is 2.87. The van der Waals surface area contributed by atoms with Gasteiger partial charge in [-0.2, -0.15) is 0 Å². The van der Waals surface area contributed by atoms with Crippen molar-refractivity contribution in [3.05, 3.63) is 47.3 Å². The third-order valence-electron chi connectivity index (χ3n) is 3.30. The van der Waals surface area contributed by atoms with E-state index in [2.05, 4.69) is 32.7 Å². The smallest absolute Gasteiger partial charge is 0.321 e. The number of imide groups is 1. The molecule has 0 bridgehead atoms. The fourth-order valence-electron chi connectivity index (χ4n) is 1.98. The number of hydrogen-bond donors (Lipinski definition) is 3. The van der Waals surface area contributed by atoms with Gasteiger partial charge in [0.25, 0.3) is 0 Å². The highest BCUT2D eigenvalue weighted by molar-refractivity contribution is 8.00. The van der Waals surface area contributed by atoms with Crippen LogP contribution in [-0.4, -0.2) is 34.2 Å². The predicted octanol–water partition coefficient (Wildman–Crippen LogP) is 2.25. The molecule has 1 heterocycles. The molecule has 1 atom stereocenters. The van der Waals surface area contributed by atoms with Gasteiger partial charge in [-0.25, -0.2) is 9.78 Å². The molecule has 2 rings (SSSR count). The van der Waals surface area contributed by atoms with Crippen LogP contribution in [0.2, 0.25) is 0 Å². The van der Waals surface area contributed by atoms with E-state index in [-0.39, 0.29) is 5.91 Å². The molecule has 3 amide bonds. The Bertz CT molecular complexity index is 685. The number of aromatic nitrogens is 2. The first-order valence-corrected chi connectivity index (χ1v) is 8.16. The molecular formula is C16H20N4O2S. The number of aryl methyl sites for hydroxylation is 1. The van der Waals surface area contributed by atoms with Gasteiger partial charge in [-0.05, 0) is 19.4 Å². The number of urea groups is 1. The van der Waals surface area contributed by atoms with Crippen molar-refractivity contribution in [2.75, 3.05) is 7.05 Å². The van der Waals surface area contributed by atoms with Crippen molar-refractivity contribution in [3.63, 3.8) is 0 Å². The molecule has 3 N–H and O–H groups in total. The normalized spacial score (nSPS) is 11.8. The third kappa shape index (κ3) is 4.85. The Morgan fingerprint density at radius 3 is 2.65 bits per heavy atom. The summed E-state index contributed by atoms with van der Waals surface area (Å²) in [5.74, 6) is -0.354. The molecule has 1 aromatic heterocycles. The summed E-state index contributed by atoms with van der Waals surface area (Å²) in [6, 6.07) is 9.58. The van der Waals surface area contributed by atoms with Gasteiger partial charge >= 0.3 is 6.03 Å². The lowest BCUT2D eigenvalue weighted by Gasteiger charge is -2.08. The molecule has 6 nitrogen and oxygen atoms in total. The first kappa shape index (κ1) is 17.1. The molecule has 0 aliphatic rings. The van der Waals surface area contributed by atoms with E-state index in [4.69, 9.17) is 0 Å². The molecule has 1 aromatic carbocycles. The topological polar surface area (TPSA) is 86.9 Å². The SMILES string of the molecule is CNC(=O)NC(=O)C(C)Sc1nc(Cc2ccccc2)c(C)[nH]1. The van der Waals surface area contributed by atoms with Crippen molar-refractivity contribution in [1.29, 1.82) is 0 Å². The highest BCUT2D eigenvalue weighted by atomic mass is 32.2. The van der Waals surface area contributed by atoms with Crippen LogP contribution in [0.3, 0.4) is 0 Å². The number of nitrogens with zero attached hydrogens (tertiary/aromatic N) is 1. The standard InChI is InChI=1S/C16H20N4O2S/c1-10-13(9-12-7-5-4-6-8-12)19-16(18-10)23-11(2)14(21)20-15(22)17-3/h4-8,11H,9H2,1-3H3,(H,18,19)(H2,17,20,21,22). The van der Waals surface area contributed by atoms with E-state index in [1.807, 2.05) is 25.1 Å². The largest absolute Gasteiger partial charge is 0.341 e. The molecule has 1 unspecified atom stereocenters. The van der Waals surface area contributed by atoms with Crippen molar-refractivity contribution in [1.82, 2.24) is 20.6 Å². The number of benzene rings is 1. The van der Waals surface area contributed by atoms with Gasteiger partial charge in [-0.3, -0.25) is 10.1 Å². The first-order valence-electron chi connectivity index (χ1n) is 7.28. The molecule has 23 heavy (non-hydrogen) atoms. The number of amides is 3. The second kappa shape index (κ2) is 7.82. The maximum Gasteiger partial charge on any atom is 0.321 e. The Hall–Kier alpha value is -2.28. The fourth-order valence-corrected chi connectivity index (χ4v) is 2.86. The van der Waals surface area contributed by atoms with Gasteiger partial charge in [-0.15, -0.1) is 0 Å². The minimum absolute atomic E-state index is 0.354. The van der Waals surface area contributed by atoms with Crippen LogP contribution < -0.4 is 10.6 Å². The predicted molar refractivity (Wildman–Crippen MR) is 90.5 cm³/mol. The van der Waals surface area contributed by atoms with E-state index in [0.29, 0.717) is 5.16 Å². The summed E-state index contributed by atoms with van der Waals surface area (Å²) in [5, 5.41) is 4.86. The number of thioether (sulfide) groups is 1. The quantitative estimate of drug-likeness (QED) is 0.733. The summed E-state index contributed by atoms with van der Waals surface area (Å²) in [5.41, 5.74) is 3.12. The molecule has 0 fully saturated rings. The molecule has 0 saturated carbocycles. The van der Waals surface area contributed by atoms with Gasteiger partial charge < -0.3 is 10.3 Å². The number of aromatic amines is 1. The lowest BCUT2D eigenvalue weighted by atomic mass is 10.1. The van der Waals surface area contributed by atoms with Crippen LogP contribution in [-0.2, 0) is 11.2 Å². The molecule has 122 valence electrons. The molecule has 7 heteroatoms. The Labute approximate surface area is 139 Å². The third-order valence-corrected chi connectivity index (χ3v) is 4.28. The zero-order valence-electron chi connectivity index (χ0n) is 13.3. The van der Waals surface area contributed by atoms with Crippen molar-refractivity contribution < 1.29 is 9.59 Å². The van der Waals surface area contributed by atoms with E-state index in [1.165, 1.54) is 24.4 Å². The average molecular weight is 332 g/mol. The minimum Gasteiger partial charge on any atom is -0.341 e. The lowest BCUT2D eigenvalue weighted by molar-refractivity contribution is -0.119. The summed E-state index contributed by atoms with van der Waals surface area (Å²) in [6.45, 7) is 3.70. The number of nitrogens with one attached hydrogen (secondary N) is 3. The van der Waals surface area contributed by atoms with Crippen LogP contribution in [0.25, 0.3) is 0 Å². The van der Waals surface area contributed by atoms with Crippen LogP contribution in [0.4, 0.5) is 4.79 Å².